The summed E-state index contributed by atoms with van der Waals surface area (Å²) in [7, 11) is 1.58. The summed E-state index contributed by atoms with van der Waals surface area (Å²) in [6.45, 7) is 3.19. The van der Waals surface area contributed by atoms with Gasteiger partial charge in [0.2, 0.25) is 5.91 Å². The summed E-state index contributed by atoms with van der Waals surface area (Å²) >= 11 is 1.17. The topological polar surface area (TPSA) is 96.8 Å². The number of carbonyl (C=O) groups excluding carboxylic acids is 2. The van der Waals surface area contributed by atoms with Crippen molar-refractivity contribution in [3.05, 3.63) is 40.3 Å². The van der Waals surface area contributed by atoms with Gasteiger partial charge in [0.25, 0.3) is 0 Å². The van der Waals surface area contributed by atoms with Crippen LogP contribution in [0.25, 0.3) is 0 Å². The number of hydrogen-bond acceptors (Lipinski definition) is 5. The summed E-state index contributed by atoms with van der Waals surface area (Å²) in [5.41, 5.74) is 0.762. The number of carbonyl (C=O) groups is 2. The lowest BCUT2D eigenvalue weighted by Crippen LogP contribution is -2.23. The average Bonchev–Trinajstić information content (AvgIpc) is 2.79. The number of aromatic nitrogens is 3. The van der Waals surface area contributed by atoms with E-state index in [0.717, 1.165) is 0 Å². The average molecular weight is 320 g/mol. The molecule has 0 spiro atoms. The van der Waals surface area contributed by atoms with E-state index < -0.39 is 5.25 Å². The number of aromatic amines is 1. The Morgan fingerprint density at radius 2 is 2.14 bits per heavy atom. The minimum atomic E-state index is -0.449. The predicted molar refractivity (Wildman–Crippen MR) is 84.2 cm³/mol. The minimum Gasteiger partial charge on any atom is -0.325 e. The van der Waals surface area contributed by atoms with Crippen LogP contribution in [0.4, 0.5) is 5.69 Å². The highest BCUT2D eigenvalue weighted by molar-refractivity contribution is 8.00. The first-order valence-electron chi connectivity index (χ1n) is 6.58. The zero-order valence-corrected chi connectivity index (χ0v) is 13.2. The Balaban J connectivity index is 2.05. The minimum absolute atomic E-state index is 0.0648. The van der Waals surface area contributed by atoms with Crippen LogP contribution in [0.3, 0.4) is 0 Å². The van der Waals surface area contributed by atoms with Crippen LogP contribution in [-0.2, 0) is 11.8 Å². The molecule has 0 radical (unpaired) electrons. The van der Waals surface area contributed by atoms with Gasteiger partial charge < -0.3 is 5.32 Å². The van der Waals surface area contributed by atoms with Gasteiger partial charge in [0.05, 0.1) is 5.25 Å². The van der Waals surface area contributed by atoms with Gasteiger partial charge in [-0.25, -0.2) is 9.89 Å². The molecule has 2 N–H and O–H groups in total. The SMILES string of the molecule is CC(=O)c1cccc(NC(=O)[C@@H](C)Sc2n[nH]c(=O)n2C)c1. The lowest BCUT2D eigenvalue weighted by atomic mass is 10.1. The summed E-state index contributed by atoms with van der Waals surface area (Å²) in [5, 5.41) is 8.90. The third-order valence-electron chi connectivity index (χ3n) is 3.03. The molecule has 2 rings (SSSR count). The lowest BCUT2D eigenvalue weighted by Gasteiger charge is -2.11. The van der Waals surface area contributed by atoms with Crippen LogP contribution in [0.1, 0.15) is 24.2 Å². The van der Waals surface area contributed by atoms with Crippen LogP contribution >= 0.6 is 11.8 Å². The zero-order chi connectivity index (χ0) is 16.3. The van der Waals surface area contributed by atoms with Gasteiger partial charge in [-0.2, -0.15) is 0 Å². The summed E-state index contributed by atoms with van der Waals surface area (Å²) in [6, 6.07) is 6.74. The first kappa shape index (κ1) is 16.0. The van der Waals surface area contributed by atoms with Gasteiger partial charge in [-0.1, -0.05) is 23.9 Å². The molecular weight excluding hydrogens is 304 g/mol. The van der Waals surface area contributed by atoms with E-state index in [9.17, 15) is 14.4 Å². The molecular formula is C14H16N4O3S. The van der Waals surface area contributed by atoms with Crippen LogP contribution in [-0.4, -0.2) is 31.7 Å². The molecule has 0 bridgehead atoms. The molecule has 0 saturated heterocycles. The second-order valence-electron chi connectivity index (χ2n) is 4.76. The number of nitrogens with zero attached hydrogens (tertiary/aromatic N) is 2. The first-order valence-corrected chi connectivity index (χ1v) is 7.46. The Kier molecular flexibility index (Phi) is 4.81. The van der Waals surface area contributed by atoms with Crippen LogP contribution in [0.5, 0.6) is 0 Å². The molecule has 0 aliphatic rings. The zero-order valence-electron chi connectivity index (χ0n) is 12.4. The molecule has 0 aliphatic heterocycles. The van der Waals surface area contributed by atoms with Crippen LogP contribution < -0.4 is 11.0 Å². The molecule has 8 heteroatoms. The highest BCUT2D eigenvalue weighted by Crippen LogP contribution is 2.21. The molecule has 1 atom stereocenters. The first-order chi connectivity index (χ1) is 10.4. The van der Waals surface area contributed by atoms with Gasteiger partial charge in [0, 0.05) is 18.3 Å². The number of anilines is 1. The molecule has 2 aromatic rings. The maximum atomic E-state index is 12.2. The highest BCUT2D eigenvalue weighted by atomic mass is 32.2. The normalized spacial score (nSPS) is 12.0. The number of thioether (sulfide) groups is 1. The molecule has 0 saturated carbocycles. The quantitative estimate of drug-likeness (QED) is 0.641. The second kappa shape index (κ2) is 6.61. The Hall–Kier alpha value is -2.35. The Labute approximate surface area is 131 Å². The summed E-state index contributed by atoms with van der Waals surface area (Å²) in [4.78, 5) is 34.8. The third kappa shape index (κ3) is 3.64. The van der Waals surface area contributed by atoms with Crippen LogP contribution in [0.15, 0.2) is 34.2 Å². The van der Waals surface area contributed by atoms with Gasteiger partial charge in [-0.3, -0.25) is 14.2 Å². The Morgan fingerprint density at radius 1 is 1.41 bits per heavy atom. The smallest absolute Gasteiger partial charge is 0.325 e. The molecule has 7 nitrogen and oxygen atoms in total. The number of amides is 1. The van der Waals surface area contributed by atoms with E-state index in [1.165, 1.54) is 23.3 Å². The Bertz CT molecular complexity index is 765. The summed E-state index contributed by atoms with van der Waals surface area (Å²) in [5.74, 6) is -0.300. The van der Waals surface area contributed by atoms with Gasteiger partial charge in [0.15, 0.2) is 10.9 Å². The monoisotopic (exact) mass is 320 g/mol. The fourth-order valence-corrected chi connectivity index (χ4v) is 2.53. The van der Waals surface area contributed by atoms with Crippen molar-refractivity contribution in [2.75, 3.05) is 5.32 Å². The van der Waals surface area contributed by atoms with E-state index in [4.69, 9.17) is 0 Å². The van der Waals surface area contributed by atoms with E-state index in [0.29, 0.717) is 16.4 Å². The molecule has 22 heavy (non-hydrogen) atoms. The molecule has 1 amide bonds. The summed E-state index contributed by atoms with van der Waals surface area (Å²) < 4.78 is 1.34. The van der Waals surface area contributed by atoms with Gasteiger partial charge in [-0.05, 0) is 26.0 Å². The number of rotatable bonds is 5. The van der Waals surface area contributed by atoms with Crippen molar-refractivity contribution in [3.8, 4) is 0 Å². The van der Waals surface area contributed by atoms with E-state index in [-0.39, 0.29) is 17.4 Å². The van der Waals surface area contributed by atoms with E-state index in [1.54, 1.807) is 38.2 Å². The van der Waals surface area contributed by atoms with Crippen LogP contribution in [0.2, 0.25) is 0 Å². The fraction of sp³-hybridized carbons (Fsp3) is 0.286. The third-order valence-corrected chi connectivity index (χ3v) is 4.17. The van der Waals surface area contributed by atoms with Crippen molar-refractivity contribution < 1.29 is 9.59 Å². The summed E-state index contributed by atoms with van der Waals surface area (Å²) in [6.07, 6.45) is 0. The second-order valence-corrected chi connectivity index (χ2v) is 6.06. The van der Waals surface area contributed by atoms with Gasteiger partial charge >= 0.3 is 5.69 Å². The van der Waals surface area contributed by atoms with Crippen molar-refractivity contribution >= 4 is 29.1 Å². The highest BCUT2D eigenvalue weighted by Gasteiger charge is 2.18. The predicted octanol–water partition coefficient (Wildman–Crippen LogP) is 1.43. The maximum Gasteiger partial charge on any atom is 0.343 e. The van der Waals surface area contributed by atoms with Crippen molar-refractivity contribution in [2.45, 2.75) is 24.3 Å². The number of Topliss-reactive ketones (excluding diaryl/α,β-unsaturated/α-hetero) is 1. The fourth-order valence-electron chi connectivity index (χ4n) is 1.71. The van der Waals surface area contributed by atoms with E-state index >= 15 is 0 Å². The number of H-pyrrole nitrogens is 1. The van der Waals surface area contributed by atoms with Crippen molar-refractivity contribution in [3.63, 3.8) is 0 Å². The van der Waals surface area contributed by atoms with Gasteiger partial charge in [0.1, 0.15) is 0 Å². The Morgan fingerprint density at radius 3 is 2.73 bits per heavy atom. The lowest BCUT2D eigenvalue weighted by molar-refractivity contribution is -0.115. The molecule has 0 unspecified atom stereocenters. The van der Waals surface area contributed by atoms with Crippen LogP contribution in [0, 0.1) is 0 Å². The molecule has 1 heterocycles. The maximum absolute atomic E-state index is 12.2. The largest absolute Gasteiger partial charge is 0.343 e. The van der Waals surface area contributed by atoms with E-state index in [1.807, 2.05) is 0 Å². The number of benzene rings is 1. The molecule has 116 valence electrons. The molecule has 0 fully saturated rings. The van der Waals surface area contributed by atoms with E-state index in [2.05, 4.69) is 15.5 Å². The van der Waals surface area contributed by atoms with Crippen molar-refractivity contribution in [1.29, 1.82) is 0 Å². The molecule has 1 aromatic carbocycles. The number of hydrogen-bond donors (Lipinski definition) is 2. The number of nitrogens with one attached hydrogen (secondary N) is 2. The molecule has 0 aliphatic carbocycles. The van der Waals surface area contributed by atoms with Crippen molar-refractivity contribution in [2.24, 2.45) is 7.05 Å². The van der Waals surface area contributed by atoms with Crippen molar-refractivity contribution in [1.82, 2.24) is 14.8 Å². The standard InChI is InChI=1S/C14H16N4O3S/c1-8(19)10-5-4-6-11(7-10)15-12(20)9(2)22-14-17-16-13(21)18(14)3/h4-7,9H,1-3H3,(H,15,20)(H,16,21)/t9-/m1/s1. The van der Waals surface area contributed by atoms with Gasteiger partial charge in [-0.15, -0.1) is 5.10 Å². The molecule has 1 aromatic heterocycles. The number of ketones is 1.